The average molecular weight is 390 g/mol. The number of anilines is 1. The lowest BCUT2D eigenvalue weighted by atomic mass is 10.2. The van der Waals surface area contributed by atoms with Crippen LogP contribution >= 0.6 is 23.1 Å². The molecule has 0 saturated heterocycles. The van der Waals surface area contributed by atoms with E-state index >= 15 is 0 Å². The van der Waals surface area contributed by atoms with Gasteiger partial charge in [0.05, 0.1) is 11.4 Å². The number of thiazole rings is 1. The second kappa shape index (κ2) is 8.81. The van der Waals surface area contributed by atoms with Gasteiger partial charge in [-0.3, -0.25) is 4.79 Å². The van der Waals surface area contributed by atoms with Crippen molar-refractivity contribution in [3.05, 3.63) is 46.8 Å². The van der Waals surface area contributed by atoms with E-state index in [4.69, 9.17) is 9.15 Å². The molecule has 0 bridgehead atoms. The van der Waals surface area contributed by atoms with Gasteiger partial charge in [0, 0.05) is 5.38 Å². The Balaban J connectivity index is 1.44. The van der Waals surface area contributed by atoms with Crippen LogP contribution in [0, 0.1) is 6.92 Å². The molecule has 1 aromatic carbocycles. The number of benzene rings is 1. The third-order valence-corrected chi connectivity index (χ3v) is 5.03. The van der Waals surface area contributed by atoms with Crippen LogP contribution in [0.3, 0.4) is 0 Å². The molecule has 9 heteroatoms. The predicted molar refractivity (Wildman–Crippen MR) is 101 cm³/mol. The van der Waals surface area contributed by atoms with Crippen LogP contribution in [-0.4, -0.2) is 26.8 Å². The quantitative estimate of drug-likeness (QED) is 0.586. The molecule has 0 fully saturated rings. The lowest BCUT2D eigenvalue weighted by Crippen LogP contribution is -2.13. The molecule has 0 unspecified atom stereocenters. The van der Waals surface area contributed by atoms with E-state index in [9.17, 15) is 4.79 Å². The zero-order chi connectivity index (χ0) is 18.4. The Hall–Kier alpha value is -2.39. The van der Waals surface area contributed by atoms with Crippen LogP contribution in [-0.2, 0) is 17.8 Å². The van der Waals surface area contributed by atoms with Crippen molar-refractivity contribution in [2.24, 2.45) is 0 Å². The van der Waals surface area contributed by atoms with E-state index in [2.05, 4.69) is 27.4 Å². The molecule has 3 aromatic rings. The monoisotopic (exact) mass is 390 g/mol. The Morgan fingerprint density at radius 3 is 2.81 bits per heavy atom. The number of nitrogens with one attached hydrogen (secondary N) is 1. The maximum atomic E-state index is 11.9. The number of hydrogen-bond donors (Lipinski definition) is 1. The minimum atomic E-state index is -0.170. The Morgan fingerprint density at radius 1 is 1.31 bits per heavy atom. The molecule has 0 aliphatic heterocycles. The molecular weight excluding hydrogens is 372 g/mol. The molecule has 0 radical (unpaired) electrons. The largest absolute Gasteiger partial charge is 0.484 e. The van der Waals surface area contributed by atoms with Crippen LogP contribution < -0.4 is 10.1 Å². The average Bonchev–Trinajstić information content (AvgIpc) is 3.27. The van der Waals surface area contributed by atoms with Gasteiger partial charge >= 0.3 is 0 Å². The number of rotatable bonds is 8. The zero-order valence-electron chi connectivity index (χ0n) is 14.4. The number of nitrogens with zero attached hydrogens (tertiary/aromatic N) is 3. The lowest BCUT2D eigenvalue weighted by Gasteiger charge is -2.03. The Labute approximate surface area is 159 Å². The van der Waals surface area contributed by atoms with Gasteiger partial charge < -0.3 is 14.5 Å². The smallest absolute Gasteiger partial charge is 0.277 e. The summed E-state index contributed by atoms with van der Waals surface area (Å²) >= 11 is 2.56. The number of carbonyl (C=O) groups excluding carboxylic acids is 1. The van der Waals surface area contributed by atoms with Gasteiger partial charge in [0.15, 0.2) is 11.7 Å². The minimum Gasteiger partial charge on any atom is -0.484 e. The summed E-state index contributed by atoms with van der Waals surface area (Å²) in [6.07, 6.45) is 0.986. The maximum absolute atomic E-state index is 11.9. The standard InChI is InChI=1S/C17H18N4O3S2/c1-3-12-4-6-13(7-5-12)23-8-15-20-21-17(24-15)26-10-14(22)19-16-18-11(2)9-25-16/h4-7,9H,3,8,10H2,1-2H3,(H,18,19,22). The summed E-state index contributed by atoms with van der Waals surface area (Å²) in [6, 6.07) is 7.87. The van der Waals surface area contributed by atoms with E-state index < -0.39 is 0 Å². The number of carbonyl (C=O) groups is 1. The highest BCUT2D eigenvalue weighted by molar-refractivity contribution is 7.99. The zero-order valence-corrected chi connectivity index (χ0v) is 16.0. The first kappa shape index (κ1) is 18.4. The highest BCUT2D eigenvalue weighted by Gasteiger charge is 2.11. The molecule has 7 nitrogen and oxygen atoms in total. The van der Waals surface area contributed by atoms with E-state index in [0.717, 1.165) is 17.9 Å². The van der Waals surface area contributed by atoms with Crippen LogP contribution in [0.1, 0.15) is 24.1 Å². The van der Waals surface area contributed by atoms with Crippen molar-refractivity contribution >= 4 is 34.1 Å². The van der Waals surface area contributed by atoms with Gasteiger partial charge in [-0.2, -0.15) is 0 Å². The van der Waals surface area contributed by atoms with Crippen LogP contribution in [0.2, 0.25) is 0 Å². The molecular formula is C17H18N4O3S2. The van der Waals surface area contributed by atoms with Crippen LogP contribution in [0.15, 0.2) is 39.3 Å². The SMILES string of the molecule is CCc1ccc(OCc2nnc(SCC(=O)Nc3nc(C)cs3)o2)cc1. The molecule has 136 valence electrons. The Kier molecular flexibility index (Phi) is 6.24. The maximum Gasteiger partial charge on any atom is 0.277 e. The van der Waals surface area contributed by atoms with Crippen molar-refractivity contribution in [3.8, 4) is 5.75 Å². The molecule has 1 N–H and O–H groups in total. The summed E-state index contributed by atoms with van der Waals surface area (Å²) in [7, 11) is 0. The van der Waals surface area contributed by atoms with Crippen molar-refractivity contribution < 1.29 is 13.9 Å². The molecule has 0 aliphatic carbocycles. The van der Waals surface area contributed by atoms with E-state index in [-0.39, 0.29) is 18.3 Å². The van der Waals surface area contributed by atoms with Crippen molar-refractivity contribution in [1.29, 1.82) is 0 Å². The van der Waals surface area contributed by atoms with Gasteiger partial charge in [-0.1, -0.05) is 30.8 Å². The molecule has 0 aliphatic rings. The first-order valence-electron chi connectivity index (χ1n) is 8.01. The van der Waals surface area contributed by atoms with Gasteiger partial charge in [-0.05, 0) is 31.0 Å². The highest BCUT2D eigenvalue weighted by atomic mass is 32.2. The highest BCUT2D eigenvalue weighted by Crippen LogP contribution is 2.19. The number of hydrogen-bond acceptors (Lipinski definition) is 8. The second-order valence-electron chi connectivity index (χ2n) is 5.38. The van der Waals surface area contributed by atoms with Crippen molar-refractivity contribution in [2.75, 3.05) is 11.1 Å². The topological polar surface area (TPSA) is 90.1 Å². The normalized spacial score (nSPS) is 10.7. The minimum absolute atomic E-state index is 0.166. The molecule has 3 rings (SSSR count). The van der Waals surface area contributed by atoms with Crippen LogP contribution in [0.25, 0.3) is 0 Å². The number of ether oxygens (including phenoxy) is 1. The fourth-order valence-corrected chi connectivity index (χ4v) is 3.30. The molecule has 0 spiro atoms. The fraction of sp³-hybridized carbons (Fsp3) is 0.294. The third-order valence-electron chi connectivity index (χ3n) is 3.33. The van der Waals surface area contributed by atoms with E-state index in [1.54, 1.807) is 0 Å². The first-order valence-corrected chi connectivity index (χ1v) is 9.88. The van der Waals surface area contributed by atoms with Gasteiger partial charge in [0.2, 0.25) is 5.91 Å². The van der Waals surface area contributed by atoms with Gasteiger partial charge in [0.1, 0.15) is 5.75 Å². The Morgan fingerprint density at radius 2 is 2.12 bits per heavy atom. The summed E-state index contributed by atoms with van der Waals surface area (Å²) in [5.74, 6) is 1.10. The number of thioether (sulfide) groups is 1. The number of aromatic nitrogens is 3. The second-order valence-corrected chi connectivity index (χ2v) is 7.16. The third kappa shape index (κ3) is 5.30. The van der Waals surface area contributed by atoms with Gasteiger partial charge in [0.25, 0.3) is 11.1 Å². The van der Waals surface area contributed by atoms with E-state index in [1.807, 2.05) is 36.6 Å². The summed E-state index contributed by atoms with van der Waals surface area (Å²) in [6.45, 7) is 4.16. The van der Waals surface area contributed by atoms with Gasteiger partial charge in [-0.15, -0.1) is 21.5 Å². The molecule has 26 heavy (non-hydrogen) atoms. The summed E-state index contributed by atoms with van der Waals surface area (Å²) in [5, 5.41) is 13.4. The Bertz CT molecular complexity index is 861. The van der Waals surface area contributed by atoms with Crippen LogP contribution in [0.4, 0.5) is 5.13 Å². The lowest BCUT2D eigenvalue weighted by molar-refractivity contribution is -0.113. The fourth-order valence-electron chi connectivity index (χ4n) is 2.02. The van der Waals surface area contributed by atoms with E-state index in [1.165, 1.54) is 28.7 Å². The van der Waals surface area contributed by atoms with Crippen molar-refractivity contribution in [2.45, 2.75) is 32.1 Å². The predicted octanol–water partition coefficient (Wildman–Crippen LogP) is 3.71. The van der Waals surface area contributed by atoms with Gasteiger partial charge in [-0.25, -0.2) is 4.98 Å². The van der Waals surface area contributed by atoms with E-state index in [0.29, 0.717) is 16.2 Å². The summed E-state index contributed by atoms with van der Waals surface area (Å²) < 4.78 is 11.1. The van der Waals surface area contributed by atoms with Crippen molar-refractivity contribution in [3.63, 3.8) is 0 Å². The molecule has 0 atom stereocenters. The first-order chi connectivity index (χ1) is 12.6. The molecule has 2 heterocycles. The molecule has 2 aromatic heterocycles. The molecule has 1 amide bonds. The van der Waals surface area contributed by atoms with Crippen molar-refractivity contribution in [1.82, 2.24) is 15.2 Å². The summed E-state index contributed by atoms with van der Waals surface area (Å²) in [5.41, 5.74) is 2.13. The number of amides is 1. The molecule has 0 saturated carbocycles. The van der Waals surface area contributed by atoms with Crippen LogP contribution in [0.5, 0.6) is 5.75 Å². The number of aryl methyl sites for hydroxylation is 2. The summed E-state index contributed by atoms with van der Waals surface area (Å²) in [4.78, 5) is 16.1.